The standard InChI is InChI=1S/C16H16N10O7S3/c1-33-21-7(10-19-15(17)36-22-10)11(29)18-8-12(30)26-9(14(31)32)5(3-34-13(8)26)4-35-16-20-23-24-25(16)2-6(27)28/h8,13H,2-4H2,1H3,(H,18,29)(H,27,28)(H,31,32)(H2,17,19,22)/t8?,13-/m0/s1. The van der Waals surface area contributed by atoms with E-state index in [4.69, 9.17) is 10.8 Å². The number of aromatic nitrogens is 6. The molecule has 0 aromatic carbocycles. The number of nitrogen functional groups attached to an aromatic ring is 1. The second-order valence-electron chi connectivity index (χ2n) is 7.00. The monoisotopic (exact) mass is 556 g/mol. The van der Waals surface area contributed by atoms with Crippen molar-refractivity contribution in [1.82, 2.24) is 39.8 Å². The Morgan fingerprint density at radius 2 is 2.14 bits per heavy atom. The number of carboxylic acids is 2. The molecule has 2 aromatic heterocycles. The van der Waals surface area contributed by atoms with Gasteiger partial charge in [0.1, 0.15) is 30.8 Å². The van der Waals surface area contributed by atoms with Gasteiger partial charge in [0.25, 0.3) is 11.8 Å². The summed E-state index contributed by atoms with van der Waals surface area (Å²) in [4.78, 5) is 58.3. The number of rotatable bonds is 10. The predicted octanol–water partition coefficient (Wildman–Crippen LogP) is -1.93. The molecule has 1 unspecified atom stereocenters. The number of thioether (sulfide) groups is 2. The summed E-state index contributed by atoms with van der Waals surface area (Å²) in [5.41, 5.74) is 5.47. The third kappa shape index (κ3) is 4.95. The Bertz CT molecular complexity index is 1290. The van der Waals surface area contributed by atoms with E-state index in [0.29, 0.717) is 5.57 Å². The Labute approximate surface area is 213 Å². The molecule has 2 atom stereocenters. The van der Waals surface area contributed by atoms with E-state index in [1.54, 1.807) is 0 Å². The van der Waals surface area contributed by atoms with Crippen LogP contribution in [0.2, 0.25) is 0 Å². The fourth-order valence-corrected chi connectivity index (χ4v) is 6.09. The number of nitrogens with one attached hydrogen (secondary N) is 1. The summed E-state index contributed by atoms with van der Waals surface area (Å²) >= 11 is 3.15. The highest BCUT2D eigenvalue weighted by Crippen LogP contribution is 2.41. The van der Waals surface area contributed by atoms with Crippen LogP contribution in [0.5, 0.6) is 0 Å². The summed E-state index contributed by atoms with van der Waals surface area (Å²) in [6.45, 7) is -0.458. The zero-order chi connectivity index (χ0) is 26.0. The van der Waals surface area contributed by atoms with Gasteiger partial charge in [-0.05, 0) is 16.0 Å². The number of carbonyl (C=O) groups is 4. The first kappa shape index (κ1) is 25.3. The number of hydrogen-bond acceptors (Lipinski definition) is 15. The number of hydrogen-bond donors (Lipinski definition) is 4. The van der Waals surface area contributed by atoms with Crippen LogP contribution in [0.1, 0.15) is 5.82 Å². The van der Waals surface area contributed by atoms with Crippen molar-refractivity contribution in [3.8, 4) is 0 Å². The van der Waals surface area contributed by atoms with Crippen molar-refractivity contribution in [2.24, 2.45) is 5.16 Å². The zero-order valence-corrected chi connectivity index (χ0v) is 20.5. The van der Waals surface area contributed by atoms with Gasteiger partial charge in [0, 0.05) is 23.0 Å². The predicted molar refractivity (Wildman–Crippen MR) is 124 cm³/mol. The molecule has 20 heteroatoms. The molecule has 0 spiro atoms. The minimum Gasteiger partial charge on any atom is -0.480 e. The number of oxime groups is 1. The van der Waals surface area contributed by atoms with Crippen molar-refractivity contribution in [3.63, 3.8) is 0 Å². The first-order valence-electron chi connectivity index (χ1n) is 9.73. The fourth-order valence-electron chi connectivity index (χ4n) is 3.29. The summed E-state index contributed by atoms with van der Waals surface area (Å²) in [5, 5.41) is 35.3. The highest BCUT2D eigenvalue weighted by atomic mass is 32.2. The van der Waals surface area contributed by atoms with Crippen molar-refractivity contribution in [2.75, 3.05) is 24.3 Å². The molecule has 2 aliphatic heterocycles. The number of aliphatic carboxylic acids is 2. The van der Waals surface area contributed by atoms with Crippen molar-refractivity contribution in [2.45, 2.75) is 23.1 Å². The molecule has 36 heavy (non-hydrogen) atoms. The molecule has 1 fully saturated rings. The van der Waals surface area contributed by atoms with E-state index < -0.39 is 41.7 Å². The smallest absolute Gasteiger partial charge is 0.352 e. The van der Waals surface area contributed by atoms with Crippen molar-refractivity contribution >= 4 is 69.7 Å². The molecule has 0 aliphatic carbocycles. The van der Waals surface area contributed by atoms with Gasteiger partial charge in [0.15, 0.2) is 5.13 Å². The maximum atomic E-state index is 12.9. The maximum absolute atomic E-state index is 12.9. The van der Waals surface area contributed by atoms with Crippen LogP contribution in [-0.4, -0.2) is 104 Å². The Morgan fingerprint density at radius 1 is 1.36 bits per heavy atom. The number of fused-ring (bicyclic) bond motifs is 1. The number of nitrogens with zero attached hydrogens (tertiary/aromatic N) is 8. The number of amides is 2. The fraction of sp³-hybridized carbons (Fsp3) is 0.375. The first-order chi connectivity index (χ1) is 17.2. The molecule has 2 amide bonds. The lowest BCUT2D eigenvalue weighted by Gasteiger charge is -2.49. The summed E-state index contributed by atoms with van der Waals surface area (Å²) in [6.07, 6.45) is 0. The molecular weight excluding hydrogens is 540 g/mol. The van der Waals surface area contributed by atoms with Crippen molar-refractivity contribution in [1.29, 1.82) is 0 Å². The van der Waals surface area contributed by atoms with Crippen LogP contribution in [-0.2, 0) is 30.6 Å². The minimum atomic E-state index is -1.32. The summed E-state index contributed by atoms with van der Waals surface area (Å²) < 4.78 is 4.98. The lowest BCUT2D eigenvalue weighted by atomic mass is 10.0. The minimum absolute atomic E-state index is 0.0764. The lowest BCUT2D eigenvalue weighted by molar-refractivity contribution is -0.150. The molecule has 2 aromatic rings. The normalized spacial score (nSPS) is 19.5. The molecule has 17 nitrogen and oxygen atoms in total. The van der Waals surface area contributed by atoms with Gasteiger partial charge >= 0.3 is 11.9 Å². The lowest BCUT2D eigenvalue weighted by Crippen LogP contribution is -2.71. The molecule has 190 valence electrons. The van der Waals surface area contributed by atoms with Crippen molar-refractivity contribution in [3.05, 3.63) is 17.1 Å². The van der Waals surface area contributed by atoms with Gasteiger partial charge in [0.05, 0.1) is 0 Å². The van der Waals surface area contributed by atoms with Gasteiger partial charge in [-0.15, -0.1) is 16.9 Å². The van der Waals surface area contributed by atoms with Crippen LogP contribution in [0.4, 0.5) is 5.13 Å². The van der Waals surface area contributed by atoms with Gasteiger partial charge in [0.2, 0.25) is 16.7 Å². The van der Waals surface area contributed by atoms with Gasteiger partial charge in [-0.3, -0.25) is 19.3 Å². The summed E-state index contributed by atoms with van der Waals surface area (Å²) in [7, 11) is 1.22. The molecule has 1 saturated heterocycles. The van der Waals surface area contributed by atoms with Crippen molar-refractivity contribution < 1.29 is 34.2 Å². The second kappa shape index (κ2) is 10.5. The third-order valence-corrected chi connectivity index (χ3v) is 7.67. The molecule has 4 heterocycles. The first-order valence-corrected chi connectivity index (χ1v) is 12.5. The third-order valence-electron chi connectivity index (χ3n) is 4.75. The number of anilines is 1. The average Bonchev–Trinajstić information content (AvgIpc) is 3.46. The number of nitrogens with two attached hydrogens (primary N) is 1. The van der Waals surface area contributed by atoms with E-state index in [9.17, 15) is 24.3 Å². The van der Waals surface area contributed by atoms with E-state index >= 15 is 0 Å². The van der Waals surface area contributed by atoms with Crippen LogP contribution in [0.3, 0.4) is 0 Å². The van der Waals surface area contributed by atoms with E-state index in [0.717, 1.165) is 32.9 Å². The highest BCUT2D eigenvalue weighted by molar-refractivity contribution is 8.01. The Morgan fingerprint density at radius 3 is 2.78 bits per heavy atom. The van der Waals surface area contributed by atoms with Gasteiger partial charge in [-0.2, -0.15) is 9.36 Å². The van der Waals surface area contributed by atoms with Crippen LogP contribution in [0.25, 0.3) is 0 Å². The largest absolute Gasteiger partial charge is 0.480 e. The van der Waals surface area contributed by atoms with Crippen LogP contribution < -0.4 is 11.1 Å². The molecule has 0 radical (unpaired) electrons. The Kier molecular flexibility index (Phi) is 7.35. The molecular formula is C16H16N10O7S3. The van der Waals surface area contributed by atoms with Crippen LogP contribution >= 0.6 is 35.1 Å². The molecule has 4 rings (SSSR count). The molecule has 0 saturated carbocycles. The number of tetrazole rings is 1. The van der Waals surface area contributed by atoms with E-state index in [-0.39, 0.29) is 39.0 Å². The quantitative estimate of drug-likeness (QED) is 0.108. The summed E-state index contributed by atoms with van der Waals surface area (Å²) in [5.74, 6) is -3.62. The molecule has 5 N–H and O–H groups in total. The number of β-lactam (4-membered cyclic amide) rings is 1. The highest BCUT2D eigenvalue weighted by Gasteiger charge is 2.54. The number of carbonyl (C=O) groups excluding carboxylic acids is 2. The molecule has 0 bridgehead atoms. The topological polar surface area (TPSA) is 241 Å². The van der Waals surface area contributed by atoms with Gasteiger partial charge in [-0.1, -0.05) is 16.9 Å². The Balaban J connectivity index is 1.48. The van der Waals surface area contributed by atoms with Crippen LogP contribution in [0.15, 0.2) is 21.6 Å². The Hall–Kier alpha value is -3.78. The van der Waals surface area contributed by atoms with E-state index in [1.165, 1.54) is 18.9 Å². The maximum Gasteiger partial charge on any atom is 0.352 e. The second-order valence-corrected chi connectivity index (χ2v) is 9.83. The van der Waals surface area contributed by atoms with E-state index in [1.807, 2.05) is 0 Å². The van der Waals surface area contributed by atoms with Gasteiger partial charge in [-0.25, -0.2) is 9.48 Å². The average molecular weight is 557 g/mol. The summed E-state index contributed by atoms with van der Waals surface area (Å²) in [6, 6.07) is -1.02. The van der Waals surface area contributed by atoms with E-state index in [2.05, 4.69) is 40.2 Å². The van der Waals surface area contributed by atoms with Crippen LogP contribution in [0, 0.1) is 0 Å². The zero-order valence-electron chi connectivity index (χ0n) is 18.1. The SMILES string of the molecule is CON=C(C(=O)NC1C(=O)N2C(C(=O)O)=C(CSc3nnnn3CC(=O)O)CS[C@@H]12)c1nsc(N)n1. The molecule has 2 aliphatic rings. The van der Waals surface area contributed by atoms with Gasteiger partial charge < -0.3 is 26.1 Å². The number of carboxylic acid groups (broad SMARTS) is 2.